The largest absolute Gasteiger partial charge is 0.379 e. The van der Waals surface area contributed by atoms with Gasteiger partial charge in [-0.2, -0.15) is 0 Å². The van der Waals surface area contributed by atoms with Crippen molar-refractivity contribution in [2.75, 3.05) is 32.8 Å². The SMILES string of the molecule is NC(=O)c1cn(CC(=O)NCC(c2ccccc2Cl)N2CCOCC2)c2ccccc12. The van der Waals surface area contributed by atoms with E-state index in [4.69, 9.17) is 22.1 Å². The van der Waals surface area contributed by atoms with Gasteiger partial charge in [0.05, 0.1) is 24.8 Å². The monoisotopic (exact) mass is 440 g/mol. The van der Waals surface area contributed by atoms with E-state index in [1.165, 1.54) is 0 Å². The highest BCUT2D eigenvalue weighted by Crippen LogP contribution is 2.28. The molecule has 0 radical (unpaired) electrons. The highest BCUT2D eigenvalue weighted by atomic mass is 35.5. The average Bonchev–Trinajstić information content (AvgIpc) is 3.14. The molecule has 1 unspecified atom stereocenters. The molecule has 1 atom stereocenters. The van der Waals surface area contributed by atoms with Gasteiger partial charge in [0.25, 0.3) is 5.91 Å². The number of hydrogen-bond acceptors (Lipinski definition) is 4. The van der Waals surface area contributed by atoms with Crippen LogP contribution in [0.15, 0.2) is 54.7 Å². The predicted molar refractivity (Wildman–Crippen MR) is 120 cm³/mol. The Hall–Kier alpha value is -2.87. The van der Waals surface area contributed by atoms with Gasteiger partial charge in [-0.15, -0.1) is 0 Å². The number of primary amides is 1. The van der Waals surface area contributed by atoms with Crippen molar-refractivity contribution in [2.45, 2.75) is 12.6 Å². The molecule has 0 bridgehead atoms. The fourth-order valence-electron chi connectivity index (χ4n) is 4.07. The lowest BCUT2D eigenvalue weighted by Gasteiger charge is -2.35. The van der Waals surface area contributed by atoms with E-state index in [1.807, 2.05) is 48.5 Å². The van der Waals surface area contributed by atoms with Gasteiger partial charge in [-0.25, -0.2) is 0 Å². The third-order valence-corrected chi connectivity index (χ3v) is 5.96. The molecule has 2 aromatic carbocycles. The summed E-state index contributed by atoms with van der Waals surface area (Å²) < 4.78 is 7.23. The number of fused-ring (bicyclic) bond motifs is 1. The molecule has 2 heterocycles. The van der Waals surface area contributed by atoms with Gasteiger partial charge in [0.2, 0.25) is 5.91 Å². The summed E-state index contributed by atoms with van der Waals surface area (Å²) in [4.78, 5) is 26.9. The number of nitrogens with two attached hydrogens (primary N) is 1. The molecule has 1 aliphatic rings. The number of benzene rings is 2. The van der Waals surface area contributed by atoms with Crippen molar-refractivity contribution in [2.24, 2.45) is 5.73 Å². The number of ether oxygens (including phenoxy) is 1. The van der Waals surface area contributed by atoms with Crippen LogP contribution in [0.4, 0.5) is 0 Å². The van der Waals surface area contributed by atoms with Gasteiger partial charge in [0.1, 0.15) is 6.54 Å². The number of carbonyl (C=O) groups excluding carboxylic acids is 2. The number of nitrogens with one attached hydrogen (secondary N) is 1. The molecule has 0 aliphatic carbocycles. The van der Waals surface area contributed by atoms with Crippen LogP contribution in [0.2, 0.25) is 5.02 Å². The van der Waals surface area contributed by atoms with E-state index >= 15 is 0 Å². The number of para-hydroxylation sites is 1. The van der Waals surface area contributed by atoms with Crippen molar-refractivity contribution in [3.8, 4) is 0 Å². The minimum atomic E-state index is -0.513. The summed E-state index contributed by atoms with van der Waals surface area (Å²) in [5.74, 6) is -0.663. The van der Waals surface area contributed by atoms with E-state index in [-0.39, 0.29) is 18.5 Å². The summed E-state index contributed by atoms with van der Waals surface area (Å²) in [6, 6.07) is 15.1. The lowest BCUT2D eigenvalue weighted by atomic mass is 10.0. The van der Waals surface area contributed by atoms with Gasteiger partial charge < -0.3 is 20.4 Å². The molecule has 0 saturated carbocycles. The number of morpholine rings is 1. The third kappa shape index (κ3) is 4.74. The van der Waals surface area contributed by atoms with Crippen molar-refractivity contribution in [1.82, 2.24) is 14.8 Å². The lowest BCUT2D eigenvalue weighted by Crippen LogP contribution is -2.44. The van der Waals surface area contributed by atoms with Gasteiger partial charge in [-0.3, -0.25) is 14.5 Å². The summed E-state index contributed by atoms with van der Waals surface area (Å²) in [5, 5.41) is 4.46. The standard InChI is InChI=1S/C23H25ClN4O3/c24-19-7-3-1-6-17(19)21(27-9-11-31-12-10-27)13-26-22(29)15-28-14-18(23(25)30)16-5-2-4-8-20(16)28/h1-8,14,21H,9-13,15H2,(H2,25,30)(H,26,29). The summed E-state index contributed by atoms with van der Waals surface area (Å²) in [7, 11) is 0. The van der Waals surface area contributed by atoms with Crippen LogP contribution in [-0.4, -0.2) is 54.1 Å². The predicted octanol–water partition coefficient (Wildman–Crippen LogP) is 2.58. The zero-order valence-corrected chi connectivity index (χ0v) is 17.8. The number of carbonyl (C=O) groups is 2. The highest BCUT2D eigenvalue weighted by molar-refractivity contribution is 6.31. The van der Waals surface area contributed by atoms with Gasteiger partial charge in [-0.05, 0) is 17.7 Å². The van der Waals surface area contributed by atoms with Crippen molar-refractivity contribution in [1.29, 1.82) is 0 Å². The average molecular weight is 441 g/mol. The molecule has 2 amide bonds. The number of nitrogens with zero attached hydrogens (tertiary/aromatic N) is 2. The fourth-order valence-corrected chi connectivity index (χ4v) is 4.33. The smallest absolute Gasteiger partial charge is 0.250 e. The lowest BCUT2D eigenvalue weighted by molar-refractivity contribution is -0.122. The second-order valence-electron chi connectivity index (χ2n) is 7.54. The van der Waals surface area contributed by atoms with Gasteiger partial charge in [-0.1, -0.05) is 48.0 Å². The van der Waals surface area contributed by atoms with E-state index in [0.717, 1.165) is 29.6 Å². The van der Waals surface area contributed by atoms with Crippen molar-refractivity contribution >= 4 is 34.3 Å². The Balaban J connectivity index is 1.50. The number of aromatic nitrogens is 1. The Morgan fingerprint density at radius 2 is 1.81 bits per heavy atom. The molecule has 31 heavy (non-hydrogen) atoms. The Bertz CT molecular complexity index is 1090. The molecule has 1 aromatic heterocycles. The van der Waals surface area contributed by atoms with Crippen molar-refractivity contribution in [3.05, 3.63) is 70.9 Å². The Morgan fingerprint density at radius 3 is 2.55 bits per heavy atom. The maximum atomic E-state index is 12.8. The van der Waals surface area contributed by atoms with Crippen molar-refractivity contribution < 1.29 is 14.3 Å². The van der Waals surface area contributed by atoms with Gasteiger partial charge >= 0.3 is 0 Å². The summed E-state index contributed by atoms with van der Waals surface area (Å²) in [6.45, 7) is 3.36. The first-order chi connectivity index (χ1) is 15.0. The van der Waals surface area contributed by atoms with Gasteiger partial charge in [0.15, 0.2) is 0 Å². The normalized spacial score (nSPS) is 15.6. The topological polar surface area (TPSA) is 89.6 Å². The molecular formula is C23H25ClN4O3. The first-order valence-electron chi connectivity index (χ1n) is 10.2. The molecule has 0 spiro atoms. The first kappa shape index (κ1) is 21.4. The molecule has 8 heteroatoms. The van der Waals surface area contributed by atoms with Crippen LogP contribution in [0, 0.1) is 0 Å². The molecule has 4 rings (SSSR count). The molecule has 3 N–H and O–H groups in total. The van der Waals surface area contributed by atoms with Crippen LogP contribution in [-0.2, 0) is 16.1 Å². The van der Waals surface area contributed by atoms with E-state index in [0.29, 0.717) is 30.3 Å². The summed E-state index contributed by atoms with van der Waals surface area (Å²) >= 11 is 6.46. The van der Waals surface area contributed by atoms with Crippen LogP contribution in [0.5, 0.6) is 0 Å². The van der Waals surface area contributed by atoms with Crippen LogP contribution in [0.3, 0.4) is 0 Å². The van der Waals surface area contributed by atoms with E-state index in [9.17, 15) is 9.59 Å². The molecule has 1 aliphatic heterocycles. The highest BCUT2D eigenvalue weighted by Gasteiger charge is 2.25. The van der Waals surface area contributed by atoms with Gasteiger partial charge in [0, 0.05) is 41.8 Å². The zero-order chi connectivity index (χ0) is 21.8. The summed E-state index contributed by atoms with van der Waals surface area (Å²) in [6.07, 6.45) is 1.64. The van der Waals surface area contributed by atoms with Crippen LogP contribution >= 0.6 is 11.6 Å². The van der Waals surface area contributed by atoms with Crippen LogP contribution in [0.25, 0.3) is 10.9 Å². The maximum Gasteiger partial charge on any atom is 0.250 e. The second kappa shape index (κ2) is 9.51. The van der Waals surface area contributed by atoms with E-state index in [2.05, 4.69) is 10.2 Å². The minimum absolute atomic E-state index is 0.0517. The minimum Gasteiger partial charge on any atom is -0.379 e. The molecule has 7 nitrogen and oxygen atoms in total. The third-order valence-electron chi connectivity index (χ3n) is 5.61. The number of amides is 2. The van der Waals surface area contributed by atoms with Crippen LogP contribution < -0.4 is 11.1 Å². The van der Waals surface area contributed by atoms with Crippen LogP contribution in [0.1, 0.15) is 22.0 Å². The summed E-state index contributed by atoms with van der Waals surface area (Å²) in [5.41, 5.74) is 7.68. The molecule has 1 saturated heterocycles. The number of rotatable bonds is 7. The quantitative estimate of drug-likeness (QED) is 0.591. The van der Waals surface area contributed by atoms with Crippen molar-refractivity contribution in [3.63, 3.8) is 0 Å². The first-order valence-corrected chi connectivity index (χ1v) is 10.6. The Kier molecular flexibility index (Phi) is 6.56. The van der Waals surface area contributed by atoms with E-state index < -0.39 is 5.91 Å². The fraction of sp³-hybridized carbons (Fsp3) is 0.304. The Labute approximate surface area is 185 Å². The number of hydrogen-bond donors (Lipinski definition) is 2. The maximum absolute atomic E-state index is 12.8. The molecule has 3 aromatic rings. The zero-order valence-electron chi connectivity index (χ0n) is 17.1. The molecule has 162 valence electrons. The second-order valence-corrected chi connectivity index (χ2v) is 7.95. The van der Waals surface area contributed by atoms with E-state index in [1.54, 1.807) is 10.8 Å². The number of halogens is 1. The Morgan fingerprint density at radius 1 is 1.10 bits per heavy atom. The molecular weight excluding hydrogens is 416 g/mol. The molecule has 1 fully saturated rings.